The molecule has 0 bridgehead atoms. The normalized spacial score (nSPS) is 29.8. The van der Waals surface area contributed by atoms with Crippen molar-refractivity contribution in [2.24, 2.45) is 11.8 Å². The predicted octanol–water partition coefficient (Wildman–Crippen LogP) is 8.40. The Morgan fingerprint density at radius 3 is 1.48 bits per heavy atom. The summed E-state index contributed by atoms with van der Waals surface area (Å²) in [5, 5.41) is 3.47. The molecule has 0 amide bonds. The quantitative estimate of drug-likeness (QED) is 0.390. The molecule has 6 aliphatic carbocycles. The van der Waals surface area contributed by atoms with E-state index in [-0.39, 0.29) is 0 Å². The van der Waals surface area contributed by atoms with Crippen molar-refractivity contribution in [3.05, 3.63) is 91.4 Å². The Bertz CT molecular complexity index is 1030. The number of rotatable bonds is 2. The van der Waals surface area contributed by atoms with Crippen molar-refractivity contribution in [2.75, 3.05) is 0 Å². The zero-order valence-corrected chi connectivity index (χ0v) is 20.8. The van der Waals surface area contributed by atoms with Crippen LogP contribution in [0, 0.1) is 11.8 Å². The van der Waals surface area contributed by atoms with Gasteiger partial charge >= 0.3 is 0 Å². The Morgan fingerprint density at radius 2 is 1.03 bits per heavy atom. The molecular formula is C30H36Si. The fraction of sp³-hybridized carbons (Fsp3) is 0.467. The van der Waals surface area contributed by atoms with Gasteiger partial charge in [0.05, 0.1) is 0 Å². The van der Waals surface area contributed by atoms with Crippen LogP contribution in [0.3, 0.4) is 0 Å². The average Bonchev–Trinajstić information content (AvgIpc) is 3.30. The SMILES string of the molecule is CC1=CC2C(=C1[Si](C)(C)C1=C3C=CC4=C(CCCC4)C3C=C1C)C=CC1=C2CCCC1. The summed E-state index contributed by atoms with van der Waals surface area (Å²) < 4.78 is 0. The molecule has 0 radical (unpaired) electrons. The van der Waals surface area contributed by atoms with Gasteiger partial charge in [-0.1, -0.05) is 71.8 Å². The molecule has 160 valence electrons. The molecule has 0 aromatic carbocycles. The molecule has 2 unspecified atom stereocenters. The van der Waals surface area contributed by atoms with Crippen molar-refractivity contribution in [2.45, 2.75) is 78.3 Å². The van der Waals surface area contributed by atoms with Gasteiger partial charge in [-0.15, -0.1) is 0 Å². The lowest BCUT2D eigenvalue weighted by atomic mass is 9.78. The second kappa shape index (κ2) is 7.07. The standard InChI is InChI=1S/C30H36Si/c1-19-17-27-23-11-7-5-9-21(23)13-15-25(27)29(19)31(3,4)30-20(2)18-28-24-12-8-6-10-22(24)14-16-26(28)30/h13-18,27-28H,5-12H2,1-4H3. The molecule has 0 N–H and O–H groups in total. The lowest BCUT2D eigenvalue weighted by molar-refractivity contribution is 0.638. The van der Waals surface area contributed by atoms with Gasteiger partial charge in [-0.2, -0.15) is 0 Å². The van der Waals surface area contributed by atoms with Gasteiger partial charge in [-0.3, -0.25) is 0 Å². The van der Waals surface area contributed by atoms with Gasteiger partial charge in [-0.05, 0) is 97.9 Å². The minimum Gasteiger partial charge on any atom is -0.0701 e. The third-order valence-corrected chi connectivity index (χ3v) is 12.8. The molecule has 0 saturated carbocycles. The maximum absolute atomic E-state index is 2.63. The Balaban J connectivity index is 1.46. The van der Waals surface area contributed by atoms with Crippen molar-refractivity contribution in [1.82, 2.24) is 0 Å². The number of hydrogen-bond donors (Lipinski definition) is 0. The Hall–Kier alpha value is -1.86. The van der Waals surface area contributed by atoms with Gasteiger partial charge in [0.25, 0.3) is 0 Å². The second-order valence-corrected chi connectivity index (χ2v) is 15.4. The van der Waals surface area contributed by atoms with Gasteiger partial charge < -0.3 is 0 Å². The molecule has 0 spiro atoms. The van der Waals surface area contributed by atoms with E-state index in [1.807, 2.05) is 0 Å². The van der Waals surface area contributed by atoms with Crippen LogP contribution in [0.2, 0.25) is 13.1 Å². The van der Waals surface area contributed by atoms with Gasteiger partial charge in [-0.25, -0.2) is 0 Å². The molecule has 0 fully saturated rings. The van der Waals surface area contributed by atoms with Crippen molar-refractivity contribution >= 4 is 8.07 Å². The highest BCUT2D eigenvalue weighted by molar-refractivity contribution is 6.92. The highest BCUT2D eigenvalue weighted by atomic mass is 28.3. The van der Waals surface area contributed by atoms with Crippen molar-refractivity contribution in [1.29, 1.82) is 0 Å². The lowest BCUT2D eigenvalue weighted by Crippen LogP contribution is -2.35. The summed E-state index contributed by atoms with van der Waals surface area (Å²) in [7, 11) is -1.82. The minimum atomic E-state index is -1.82. The van der Waals surface area contributed by atoms with Gasteiger partial charge in [0.2, 0.25) is 0 Å². The monoisotopic (exact) mass is 424 g/mol. The fourth-order valence-electron chi connectivity index (χ4n) is 7.77. The zero-order chi connectivity index (χ0) is 21.3. The van der Waals surface area contributed by atoms with Gasteiger partial charge in [0.15, 0.2) is 0 Å². The molecule has 0 aromatic rings. The summed E-state index contributed by atoms with van der Waals surface area (Å²) in [6.45, 7) is 10.1. The topological polar surface area (TPSA) is 0 Å². The van der Waals surface area contributed by atoms with Crippen molar-refractivity contribution in [3.63, 3.8) is 0 Å². The third-order valence-electron chi connectivity index (χ3n) is 8.91. The summed E-state index contributed by atoms with van der Waals surface area (Å²) in [6.07, 6.45) is 25.9. The van der Waals surface area contributed by atoms with Crippen LogP contribution < -0.4 is 0 Å². The third kappa shape index (κ3) is 2.85. The van der Waals surface area contributed by atoms with Crippen LogP contribution in [-0.2, 0) is 0 Å². The van der Waals surface area contributed by atoms with Crippen molar-refractivity contribution < 1.29 is 0 Å². The van der Waals surface area contributed by atoms with E-state index in [1.54, 1.807) is 55.0 Å². The molecule has 31 heavy (non-hydrogen) atoms. The van der Waals surface area contributed by atoms with Crippen LogP contribution in [0.5, 0.6) is 0 Å². The Kier molecular flexibility index (Phi) is 4.51. The molecule has 0 heterocycles. The van der Waals surface area contributed by atoms with E-state index in [0.717, 1.165) is 0 Å². The van der Waals surface area contributed by atoms with E-state index in [4.69, 9.17) is 0 Å². The van der Waals surface area contributed by atoms with Crippen LogP contribution in [-0.4, -0.2) is 8.07 Å². The van der Waals surface area contributed by atoms with E-state index in [2.05, 4.69) is 63.4 Å². The maximum atomic E-state index is 2.63. The number of fused-ring (bicyclic) bond motifs is 4. The second-order valence-electron chi connectivity index (χ2n) is 11.1. The molecular weight excluding hydrogens is 388 g/mol. The summed E-state index contributed by atoms with van der Waals surface area (Å²) in [4.78, 5) is 0. The smallest absolute Gasteiger partial charge is 0.0701 e. The molecule has 1 heteroatoms. The molecule has 0 saturated heterocycles. The fourth-order valence-corrected chi connectivity index (χ4v) is 12.1. The molecule has 0 aliphatic heterocycles. The summed E-state index contributed by atoms with van der Waals surface area (Å²) in [5.41, 5.74) is 13.2. The first-order valence-corrected chi connectivity index (χ1v) is 15.6. The molecule has 6 aliphatic rings. The summed E-state index contributed by atoms with van der Waals surface area (Å²) in [6, 6.07) is 0. The molecule has 0 aromatic heterocycles. The van der Waals surface area contributed by atoms with E-state index < -0.39 is 8.07 Å². The van der Waals surface area contributed by atoms with E-state index in [0.29, 0.717) is 11.8 Å². The maximum Gasteiger partial charge on any atom is 0.113 e. The van der Waals surface area contributed by atoms with E-state index in [9.17, 15) is 0 Å². The zero-order valence-electron chi connectivity index (χ0n) is 19.8. The lowest BCUT2D eigenvalue weighted by Gasteiger charge is -2.34. The first-order chi connectivity index (χ1) is 15.0. The van der Waals surface area contributed by atoms with Gasteiger partial charge in [0.1, 0.15) is 8.07 Å². The Labute approximate surface area is 189 Å². The van der Waals surface area contributed by atoms with E-state index in [1.165, 1.54) is 51.4 Å². The van der Waals surface area contributed by atoms with Crippen LogP contribution in [0.15, 0.2) is 91.4 Å². The number of allylic oxidation sites excluding steroid dienone is 16. The van der Waals surface area contributed by atoms with Crippen molar-refractivity contribution in [3.8, 4) is 0 Å². The first-order valence-electron chi connectivity index (χ1n) is 12.6. The molecule has 2 atom stereocenters. The molecule has 6 rings (SSSR count). The first kappa shape index (κ1) is 19.8. The van der Waals surface area contributed by atoms with Gasteiger partial charge in [0, 0.05) is 11.8 Å². The van der Waals surface area contributed by atoms with Crippen LogP contribution in [0.4, 0.5) is 0 Å². The average molecular weight is 425 g/mol. The summed E-state index contributed by atoms with van der Waals surface area (Å²) in [5.74, 6) is 1.15. The summed E-state index contributed by atoms with van der Waals surface area (Å²) >= 11 is 0. The van der Waals surface area contributed by atoms with E-state index >= 15 is 0 Å². The Morgan fingerprint density at radius 1 is 0.613 bits per heavy atom. The highest BCUT2D eigenvalue weighted by Crippen LogP contribution is 2.53. The minimum absolute atomic E-state index is 0.573. The van der Waals surface area contributed by atoms with Crippen LogP contribution >= 0.6 is 0 Å². The highest BCUT2D eigenvalue weighted by Gasteiger charge is 2.44. The van der Waals surface area contributed by atoms with Crippen LogP contribution in [0.25, 0.3) is 0 Å². The molecule has 0 nitrogen and oxygen atoms in total. The predicted molar refractivity (Wildman–Crippen MR) is 135 cm³/mol. The van der Waals surface area contributed by atoms with Crippen LogP contribution in [0.1, 0.15) is 65.2 Å². The number of hydrogen-bond acceptors (Lipinski definition) is 0. The largest absolute Gasteiger partial charge is 0.113 e.